The molecular weight excluding hydrogens is 250 g/mol. The SMILES string of the molecule is CCNCc1cccc(C)c1OCCc1ccnn1C. The third-order valence-electron chi connectivity index (χ3n) is 3.39. The van der Waals surface area contributed by atoms with Crippen LogP contribution in [0.1, 0.15) is 23.7 Å². The van der Waals surface area contributed by atoms with Gasteiger partial charge in [0.25, 0.3) is 0 Å². The van der Waals surface area contributed by atoms with Crippen LogP contribution in [0.2, 0.25) is 0 Å². The zero-order chi connectivity index (χ0) is 14.4. The largest absolute Gasteiger partial charge is 0.493 e. The molecule has 0 atom stereocenters. The second kappa shape index (κ2) is 7.10. The molecule has 4 heteroatoms. The lowest BCUT2D eigenvalue weighted by Gasteiger charge is -2.14. The lowest BCUT2D eigenvalue weighted by molar-refractivity contribution is 0.312. The first kappa shape index (κ1) is 14.6. The number of aryl methyl sites for hydroxylation is 2. The number of rotatable bonds is 7. The molecule has 0 saturated carbocycles. The van der Waals surface area contributed by atoms with Crippen LogP contribution in [-0.2, 0) is 20.0 Å². The summed E-state index contributed by atoms with van der Waals surface area (Å²) in [6.07, 6.45) is 2.69. The van der Waals surface area contributed by atoms with E-state index in [0.717, 1.165) is 25.3 Å². The molecule has 0 aliphatic heterocycles. The molecule has 0 aliphatic rings. The van der Waals surface area contributed by atoms with Gasteiger partial charge in [-0.15, -0.1) is 0 Å². The van der Waals surface area contributed by atoms with E-state index in [2.05, 4.69) is 42.5 Å². The van der Waals surface area contributed by atoms with Crippen LogP contribution >= 0.6 is 0 Å². The van der Waals surface area contributed by atoms with E-state index < -0.39 is 0 Å². The van der Waals surface area contributed by atoms with Crippen molar-refractivity contribution >= 4 is 0 Å². The van der Waals surface area contributed by atoms with Gasteiger partial charge in [-0.2, -0.15) is 5.10 Å². The summed E-state index contributed by atoms with van der Waals surface area (Å²) in [7, 11) is 1.96. The number of hydrogen-bond donors (Lipinski definition) is 1. The average molecular weight is 273 g/mol. The molecule has 0 amide bonds. The first-order valence-electron chi connectivity index (χ1n) is 7.11. The lowest BCUT2D eigenvalue weighted by atomic mass is 10.1. The third-order valence-corrected chi connectivity index (χ3v) is 3.39. The van der Waals surface area contributed by atoms with E-state index >= 15 is 0 Å². The fourth-order valence-electron chi connectivity index (χ4n) is 2.22. The zero-order valence-electron chi connectivity index (χ0n) is 12.5. The van der Waals surface area contributed by atoms with Crippen LogP contribution in [0.4, 0.5) is 0 Å². The molecule has 0 spiro atoms. The molecule has 108 valence electrons. The van der Waals surface area contributed by atoms with Gasteiger partial charge in [-0.1, -0.05) is 25.1 Å². The first-order chi connectivity index (χ1) is 9.72. The minimum atomic E-state index is 0.670. The predicted octanol–water partition coefficient (Wildman–Crippen LogP) is 2.46. The molecule has 4 nitrogen and oxygen atoms in total. The Labute approximate surface area is 120 Å². The molecule has 20 heavy (non-hydrogen) atoms. The van der Waals surface area contributed by atoms with Gasteiger partial charge in [0.15, 0.2) is 0 Å². The minimum Gasteiger partial charge on any atom is -0.493 e. The third kappa shape index (κ3) is 3.61. The summed E-state index contributed by atoms with van der Waals surface area (Å²) >= 11 is 0. The van der Waals surface area contributed by atoms with Crippen LogP contribution in [-0.4, -0.2) is 22.9 Å². The van der Waals surface area contributed by atoms with E-state index in [4.69, 9.17) is 4.74 Å². The van der Waals surface area contributed by atoms with Gasteiger partial charge in [-0.05, 0) is 25.1 Å². The molecule has 1 aromatic carbocycles. The summed E-state index contributed by atoms with van der Waals surface area (Å²) in [5.41, 5.74) is 3.59. The monoisotopic (exact) mass is 273 g/mol. The van der Waals surface area contributed by atoms with Crippen molar-refractivity contribution in [3.05, 3.63) is 47.3 Å². The number of benzene rings is 1. The highest BCUT2D eigenvalue weighted by atomic mass is 16.5. The number of nitrogens with zero attached hydrogens (tertiary/aromatic N) is 2. The molecular formula is C16H23N3O. The molecule has 1 heterocycles. The van der Waals surface area contributed by atoms with E-state index in [1.165, 1.54) is 16.8 Å². The van der Waals surface area contributed by atoms with Crippen molar-refractivity contribution in [1.82, 2.24) is 15.1 Å². The van der Waals surface area contributed by atoms with E-state index in [9.17, 15) is 0 Å². The van der Waals surface area contributed by atoms with Crippen molar-refractivity contribution in [3.63, 3.8) is 0 Å². The molecule has 1 N–H and O–H groups in total. The molecule has 0 radical (unpaired) electrons. The lowest BCUT2D eigenvalue weighted by Crippen LogP contribution is -2.14. The maximum Gasteiger partial charge on any atom is 0.126 e. The summed E-state index contributed by atoms with van der Waals surface area (Å²) < 4.78 is 7.90. The van der Waals surface area contributed by atoms with Gasteiger partial charge in [0.1, 0.15) is 5.75 Å². The van der Waals surface area contributed by atoms with E-state index in [1.807, 2.05) is 24.0 Å². The van der Waals surface area contributed by atoms with Gasteiger partial charge in [0.05, 0.1) is 6.61 Å². The van der Waals surface area contributed by atoms with Crippen LogP contribution in [0, 0.1) is 6.92 Å². The molecule has 2 aromatic rings. The standard InChI is InChI=1S/C16H23N3O/c1-4-17-12-14-7-5-6-13(2)16(14)20-11-9-15-8-10-18-19(15)3/h5-8,10,17H,4,9,11-12H2,1-3H3. The number of nitrogens with one attached hydrogen (secondary N) is 1. The topological polar surface area (TPSA) is 39.1 Å². The van der Waals surface area contributed by atoms with Gasteiger partial charge in [-0.3, -0.25) is 4.68 Å². The van der Waals surface area contributed by atoms with Crippen molar-refractivity contribution in [2.75, 3.05) is 13.2 Å². The molecule has 0 fully saturated rings. The quantitative estimate of drug-likeness (QED) is 0.842. The van der Waals surface area contributed by atoms with Crippen molar-refractivity contribution in [3.8, 4) is 5.75 Å². The maximum absolute atomic E-state index is 6.01. The Hall–Kier alpha value is -1.81. The van der Waals surface area contributed by atoms with E-state index in [0.29, 0.717) is 6.61 Å². The van der Waals surface area contributed by atoms with E-state index in [-0.39, 0.29) is 0 Å². The Morgan fingerprint density at radius 3 is 2.85 bits per heavy atom. The Morgan fingerprint density at radius 1 is 1.30 bits per heavy atom. The molecule has 0 unspecified atom stereocenters. The average Bonchev–Trinajstić information content (AvgIpc) is 2.84. The summed E-state index contributed by atoms with van der Waals surface area (Å²) in [6, 6.07) is 8.32. The maximum atomic E-state index is 6.01. The second-order valence-corrected chi connectivity index (χ2v) is 4.89. The smallest absolute Gasteiger partial charge is 0.126 e. The molecule has 2 rings (SSSR count). The molecule has 1 aromatic heterocycles. The predicted molar refractivity (Wildman–Crippen MR) is 81.0 cm³/mol. The van der Waals surface area contributed by atoms with Gasteiger partial charge < -0.3 is 10.1 Å². The fraction of sp³-hybridized carbons (Fsp3) is 0.438. The Bertz CT molecular complexity index is 548. The molecule has 0 bridgehead atoms. The first-order valence-corrected chi connectivity index (χ1v) is 7.11. The van der Waals surface area contributed by atoms with Crippen LogP contribution in [0.25, 0.3) is 0 Å². The highest BCUT2D eigenvalue weighted by Gasteiger charge is 2.07. The number of para-hydroxylation sites is 1. The Balaban J connectivity index is 1.99. The van der Waals surface area contributed by atoms with Gasteiger partial charge >= 0.3 is 0 Å². The Kier molecular flexibility index (Phi) is 5.18. The highest BCUT2D eigenvalue weighted by molar-refractivity contribution is 5.40. The summed E-state index contributed by atoms with van der Waals surface area (Å²) in [5, 5.41) is 7.52. The van der Waals surface area contributed by atoms with Crippen molar-refractivity contribution in [2.24, 2.45) is 7.05 Å². The van der Waals surface area contributed by atoms with E-state index in [1.54, 1.807) is 0 Å². The minimum absolute atomic E-state index is 0.670. The van der Waals surface area contributed by atoms with Crippen molar-refractivity contribution < 1.29 is 4.74 Å². The Morgan fingerprint density at radius 2 is 2.15 bits per heavy atom. The van der Waals surface area contributed by atoms with Crippen molar-refractivity contribution in [2.45, 2.75) is 26.8 Å². The van der Waals surface area contributed by atoms with Crippen molar-refractivity contribution in [1.29, 1.82) is 0 Å². The molecule has 0 saturated heterocycles. The van der Waals surface area contributed by atoms with Crippen LogP contribution in [0.3, 0.4) is 0 Å². The van der Waals surface area contributed by atoms with Gasteiger partial charge in [-0.25, -0.2) is 0 Å². The summed E-state index contributed by atoms with van der Waals surface area (Å²) in [4.78, 5) is 0. The number of ether oxygens (including phenoxy) is 1. The van der Waals surface area contributed by atoms with Gasteiger partial charge in [0.2, 0.25) is 0 Å². The zero-order valence-corrected chi connectivity index (χ0v) is 12.5. The van der Waals surface area contributed by atoms with Crippen LogP contribution < -0.4 is 10.1 Å². The fourth-order valence-corrected chi connectivity index (χ4v) is 2.22. The summed E-state index contributed by atoms with van der Waals surface area (Å²) in [5.74, 6) is 1.01. The highest BCUT2D eigenvalue weighted by Crippen LogP contribution is 2.23. The van der Waals surface area contributed by atoms with Crippen LogP contribution in [0.15, 0.2) is 30.5 Å². The second-order valence-electron chi connectivity index (χ2n) is 4.89. The molecule has 0 aliphatic carbocycles. The number of aromatic nitrogens is 2. The number of hydrogen-bond acceptors (Lipinski definition) is 3. The van der Waals surface area contributed by atoms with Crippen LogP contribution in [0.5, 0.6) is 5.75 Å². The summed E-state index contributed by atoms with van der Waals surface area (Å²) in [6.45, 7) is 6.68. The van der Waals surface area contributed by atoms with Gasteiger partial charge in [0, 0.05) is 37.5 Å². The normalized spacial score (nSPS) is 10.8.